The summed E-state index contributed by atoms with van der Waals surface area (Å²) in [7, 11) is -1.53. The molecule has 1 aromatic heterocycles. The molecule has 0 unspecified atom stereocenters. The van der Waals surface area contributed by atoms with Crippen LogP contribution in [0.25, 0.3) is 0 Å². The van der Waals surface area contributed by atoms with Crippen LogP contribution >= 0.6 is 23.1 Å². The molecule has 1 heterocycles. The summed E-state index contributed by atoms with van der Waals surface area (Å²) < 4.78 is 27.1. The molecule has 1 rings (SSSR count). The zero-order valence-electron chi connectivity index (χ0n) is 11.1. The van der Waals surface area contributed by atoms with E-state index in [9.17, 15) is 8.42 Å². The maximum absolute atomic E-state index is 12.1. The van der Waals surface area contributed by atoms with Crippen molar-refractivity contribution in [1.29, 1.82) is 0 Å². The molecule has 0 bridgehead atoms. The monoisotopic (exact) mass is 308 g/mol. The standard InChI is InChI=1S/C11H20N2O2S3/c1-11(2,16-4)8-13-18(14,15)10-6-5-9(17-10)7-12-3/h5-6,12-13H,7-8H2,1-4H3. The van der Waals surface area contributed by atoms with Gasteiger partial charge in [0.2, 0.25) is 10.0 Å². The van der Waals surface area contributed by atoms with E-state index in [2.05, 4.69) is 10.0 Å². The molecule has 0 aromatic carbocycles. The highest BCUT2D eigenvalue weighted by Gasteiger charge is 2.22. The van der Waals surface area contributed by atoms with Crippen molar-refractivity contribution in [2.24, 2.45) is 0 Å². The number of hydrogen-bond donors (Lipinski definition) is 2. The van der Waals surface area contributed by atoms with Gasteiger partial charge in [-0.1, -0.05) is 0 Å². The van der Waals surface area contributed by atoms with E-state index in [1.54, 1.807) is 17.8 Å². The van der Waals surface area contributed by atoms with Crippen LogP contribution in [-0.2, 0) is 16.6 Å². The predicted molar refractivity (Wildman–Crippen MR) is 79.9 cm³/mol. The van der Waals surface area contributed by atoms with Gasteiger partial charge in [0.1, 0.15) is 4.21 Å². The number of sulfonamides is 1. The van der Waals surface area contributed by atoms with E-state index in [1.165, 1.54) is 11.3 Å². The topological polar surface area (TPSA) is 58.2 Å². The van der Waals surface area contributed by atoms with Crippen molar-refractivity contribution in [3.05, 3.63) is 17.0 Å². The summed E-state index contributed by atoms with van der Waals surface area (Å²) in [5, 5.41) is 3.01. The zero-order valence-corrected chi connectivity index (χ0v) is 13.6. The number of hydrogen-bond acceptors (Lipinski definition) is 5. The van der Waals surface area contributed by atoms with E-state index in [0.717, 1.165) is 4.88 Å². The molecule has 0 saturated carbocycles. The van der Waals surface area contributed by atoms with Crippen LogP contribution in [0.15, 0.2) is 16.3 Å². The van der Waals surface area contributed by atoms with Crippen molar-refractivity contribution >= 4 is 33.1 Å². The predicted octanol–water partition coefficient (Wildman–Crippen LogP) is 1.89. The lowest BCUT2D eigenvalue weighted by Gasteiger charge is -2.21. The Kier molecular flexibility index (Phi) is 5.67. The Morgan fingerprint density at radius 1 is 1.39 bits per heavy atom. The molecular formula is C11H20N2O2S3. The molecule has 0 aliphatic carbocycles. The first kappa shape index (κ1) is 16.0. The smallest absolute Gasteiger partial charge is 0.250 e. The van der Waals surface area contributed by atoms with Crippen molar-refractivity contribution in [1.82, 2.24) is 10.0 Å². The molecule has 1 aromatic rings. The van der Waals surface area contributed by atoms with E-state index in [4.69, 9.17) is 0 Å². The third-order valence-corrected chi connectivity index (χ3v) is 6.72. The molecule has 0 aliphatic heterocycles. The molecule has 0 spiro atoms. The molecule has 0 fully saturated rings. The first-order valence-corrected chi connectivity index (χ1v) is 9.11. The molecular weight excluding hydrogens is 288 g/mol. The van der Waals surface area contributed by atoms with Crippen LogP contribution in [-0.4, -0.2) is 33.0 Å². The lowest BCUT2D eigenvalue weighted by atomic mass is 10.2. The third kappa shape index (κ3) is 4.55. The zero-order chi connectivity index (χ0) is 13.8. The fourth-order valence-electron chi connectivity index (χ4n) is 1.18. The summed E-state index contributed by atoms with van der Waals surface area (Å²) in [5.74, 6) is 0. The van der Waals surface area contributed by atoms with E-state index >= 15 is 0 Å². The average Bonchev–Trinajstić information content (AvgIpc) is 2.77. The Labute approximate surface area is 118 Å². The first-order chi connectivity index (χ1) is 8.30. The molecule has 18 heavy (non-hydrogen) atoms. The fraction of sp³-hybridized carbons (Fsp3) is 0.636. The van der Waals surface area contributed by atoms with Crippen molar-refractivity contribution < 1.29 is 8.42 Å². The fourth-order valence-corrected chi connectivity index (χ4v) is 4.12. The molecule has 0 radical (unpaired) electrons. The number of thioether (sulfide) groups is 1. The maximum Gasteiger partial charge on any atom is 0.250 e. The van der Waals surface area contributed by atoms with Gasteiger partial charge in [-0.3, -0.25) is 0 Å². The van der Waals surface area contributed by atoms with Gasteiger partial charge < -0.3 is 5.32 Å². The second-order valence-electron chi connectivity index (χ2n) is 4.54. The van der Waals surface area contributed by atoms with Gasteiger partial charge in [-0.2, -0.15) is 11.8 Å². The van der Waals surface area contributed by atoms with Gasteiger partial charge in [-0.15, -0.1) is 11.3 Å². The number of thiophene rings is 1. The summed E-state index contributed by atoms with van der Waals surface area (Å²) in [6, 6.07) is 3.50. The van der Waals surface area contributed by atoms with Crippen molar-refractivity contribution in [3.8, 4) is 0 Å². The van der Waals surface area contributed by atoms with Crippen LogP contribution in [0.2, 0.25) is 0 Å². The van der Waals surface area contributed by atoms with E-state index in [1.807, 2.05) is 33.2 Å². The lowest BCUT2D eigenvalue weighted by Crippen LogP contribution is -2.35. The quantitative estimate of drug-likeness (QED) is 0.807. The minimum Gasteiger partial charge on any atom is -0.315 e. The number of rotatable bonds is 7. The van der Waals surface area contributed by atoms with Crippen LogP contribution < -0.4 is 10.0 Å². The second kappa shape index (κ2) is 6.38. The molecule has 0 amide bonds. The summed E-state index contributed by atoms with van der Waals surface area (Å²) in [6.07, 6.45) is 1.98. The average molecular weight is 308 g/mol. The minimum absolute atomic E-state index is 0.0991. The van der Waals surface area contributed by atoms with Crippen molar-refractivity contribution in [2.75, 3.05) is 19.8 Å². The van der Waals surface area contributed by atoms with Gasteiger partial charge in [-0.05, 0) is 39.3 Å². The van der Waals surface area contributed by atoms with Crippen molar-refractivity contribution in [3.63, 3.8) is 0 Å². The largest absolute Gasteiger partial charge is 0.315 e. The normalized spacial score (nSPS) is 12.9. The summed E-state index contributed by atoms with van der Waals surface area (Å²) >= 11 is 2.95. The molecule has 2 N–H and O–H groups in total. The third-order valence-electron chi connectivity index (χ3n) is 2.49. The van der Waals surface area contributed by atoms with Gasteiger partial charge >= 0.3 is 0 Å². The molecule has 7 heteroatoms. The van der Waals surface area contributed by atoms with Gasteiger partial charge in [0.25, 0.3) is 0 Å². The second-order valence-corrected chi connectivity index (χ2v) is 9.21. The Balaban J connectivity index is 2.74. The van der Waals surface area contributed by atoms with E-state index < -0.39 is 10.0 Å². The Hall–Kier alpha value is -0.0800. The Morgan fingerprint density at radius 3 is 2.61 bits per heavy atom. The lowest BCUT2D eigenvalue weighted by molar-refractivity contribution is 0.573. The van der Waals surface area contributed by atoms with Crippen LogP contribution in [0, 0.1) is 0 Å². The van der Waals surface area contributed by atoms with Crippen LogP contribution in [0.4, 0.5) is 0 Å². The highest BCUT2D eigenvalue weighted by Crippen LogP contribution is 2.24. The van der Waals surface area contributed by atoms with Gasteiger partial charge in [0, 0.05) is 22.7 Å². The highest BCUT2D eigenvalue weighted by atomic mass is 32.2. The number of nitrogens with one attached hydrogen (secondary N) is 2. The van der Waals surface area contributed by atoms with E-state index in [0.29, 0.717) is 17.3 Å². The Morgan fingerprint density at radius 2 is 2.06 bits per heavy atom. The maximum atomic E-state index is 12.1. The van der Waals surface area contributed by atoms with Crippen molar-refractivity contribution in [2.45, 2.75) is 29.3 Å². The van der Waals surface area contributed by atoms with Gasteiger partial charge in [-0.25, -0.2) is 13.1 Å². The summed E-state index contributed by atoms with van der Waals surface area (Å²) in [5.41, 5.74) is 0. The first-order valence-electron chi connectivity index (χ1n) is 5.59. The van der Waals surface area contributed by atoms with Crippen LogP contribution in [0.1, 0.15) is 18.7 Å². The summed E-state index contributed by atoms with van der Waals surface area (Å²) in [4.78, 5) is 1.02. The summed E-state index contributed by atoms with van der Waals surface area (Å²) in [6.45, 7) is 5.15. The minimum atomic E-state index is -3.37. The van der Waals surface area contributed by atoms with Crippen LogP contribution in [0.3, 0.4) is 0 Å². The molecule has 4 nitrogen and oxygen atoms in total. The molecule has 0 aliphatic rings. The van der Waals surface area contributed by atoms with Gasteiger partial charge in [0.05, 0.1) is 0 Å². The highest BCUT2D eigenvalue weighted by molar-refractivity contribution is 8.00. The Bertz CT molecular complexity index is 480. The molecule has 0 atom stereocenters. The molecule has 0 saturated heterocycles. The van der Waals surface area contributed by atoms with Gasteiger partial charge in [0.15, 0.2) is 0 Å². The van der Waals surface area contributed by atoms with Crippen LogP contribution in [0.5, 0.6) is 0 Å². The van der Waals surface area contributed by atoms with E-state index in [-0.39, 0.29) is 4.75 Å². The SMILES string of the molecule is CNCc1ccc(S(=O)(=O)NCC(C)(C)SC)s1. The molecule has 104 valence electrons.